The Labute approximate surface area is 108 Å². The fraction of sp³-hybridized carbons (Fsp3) is 0.500. The van der Waals surface area contributed by atoms with Gasteiger partial charge in [-0.15, -0.1) is 0 Å². The number of hydrogen-bond acceptors (Lipinski definition) is 4. The van der Waals surface area contributed by atoms with Crippen molar-refractivity contribution in [2.24, 2.45) is 0 Å². The molecular weight excluding hydrogens is 254 g/mol. The van der Waals surface area contributed by atoms with Gasteiger partial charge in [0.2, 0.25) is 10.0 Å². The highest BCUT2D eigenvalue weighted by Crippen LogP contribution is 2.24. The molecule has 5 nitrogen and oxygen atoms in total. The maximum atomic E-state index is 12.2. The first-order valence-electron chi connectivity index (χ1n) is 5.60. The van der Waals surface area contributed by atoms with Crippen molar-refractivity contribution in [2.45, 2.75) is 31.4 Å². The van der Waals surface area contributed by atoms with Crippen LogP contribution < -0.4 is 4.74 Å². The summed E-state index contributed by atoms with van der Waals surface area (Å²) in [6.07, 6.45) is 0. The normalized spacial score (nSPS) is 12.2. The lowest BCUT2D eigenvalue weighted by Crippen LogP contribution is -2.33. The predicted octanol–water partition coefficient (Wildman–Crippen LogP) is 1.22. The standard InChI is InChI=1S/C12H19NO4S/c1-9(2)13(3)18(15,16)11-5-6-12(17-4)10(7-11)8-14/h5-7,9,14H,8H2,1-4H3. The largest absolute Gasteiger partial charge is 0.496 e. The first-order chi connectivity index (χ1) is 8.34. The molecule has 0 spiro atoms. The molecule has 0 atom stereocenters. The summed E-state index contributed by atoms with van der Waals surface area (Å²) in [6.45, 7) is 3.33. The van der Waals surface area contributed by atoms with Crippen LogP contribution in [-0.4, -0.2) is 38.0 Å². The summed E-state index contributed by atoms with van der Waals surface area (Å²) < 4.78 is 30.8. The van der Waals surface area contributed by atoms with Crippen LogP contribution in [0.2, 0.25) is 0 Å². The van der Waals surface area contributed by atoms with E-state index in [1.54, 1.807) is 19.9 Å². The van der Waals surface area contributed by atoms with Gasteiger partial charge in [0.05, 0.1) is 18.6 Å². The SMILES string of the molecule is COc1ccc(S(=O)(=O)N(C)C(C)C)cc1CO. The van der Waals surface area contributed by atoms with Crippen LogP contribution in [0.15, 0.2) is 23.1 Å². The van der Waals surface area contributed by atoms with Crippen LogP contribution in [0.4, 0.5) is 0 Å². The molecule has 0 aliphatic heterocycles. The number of hydrogen-bond donors (Lipinski definition) is 1. The third kappa shape index (κ3) is 2.82. The number of aliphatic hydroxyl groups is 1. The van der Waals surface area contributed by atoms with Gasteiger partial charge in [0, 0.05) is 18.7 Å². The minimum atomic E-state index is -3.53. The second kappa shape index (κ2) is 5.69. The molecule has 0 heterocycles. The second-order valence-corrected chi connectivity index (χ2v) is 6.24. The molecule has 0 aliphatic carbocycles. The highest BCUT2D eigenvalue weighted by atomic mass is 32.2. The molecule has 0 aliphatic rings. The molecule has 0 saturated carbocycles. The van der Waals surface area contributed by atoms with Crippen molar-refractivity contribution < 1.29 is 18.3 Å². The van der Waals surface area contributed by atoms with Gasteiger partial charge in [-0.2, -0.15) is 4.31 Å². The van der Waals surface area contributed by atoms with E-state index in [-0.39, 0.29) is 17.5 Å². The fourth-order valence-electron chi connectivity index (χ4n) is 1.48. The Morgan fingerprint density at radius 1 is 1.39 bits per heavy atom. The second-order valence-electron chi connectivity index (χ2n) is 4.25. The van der Waals surface area contributed by atoms with Gasteiger partial charge in [0.1, 0.15) is 5.75 Å². The molecule has 0 fully saturated rings. The zero-order valence-electron chi connectivity index (χ0n) is 11.0. The van der Waals surface area contributed by atoms with Crippen LogP contribution in [0, 0.1) is 0 Å². The minimum Gasteiger partial charge on any atom is -0.496 e. The molecule has 0 bridgehead atoms. The van der Waals surface area contributed by atoms with Crippen molar-refractivity contribution in [1.29, 1.82) is 0 Å². The van der Waals surface area contributed by atoms with Crippen LogP contribution >= 0.6 is 0 Å². The summed E-state index contributed by atoms with van der Waals surface area (Å²) in [7, 11) is -0.523. The van der Waals surface area contributed by atoms with E-state index < -0.39 is 10.0 Å². The van der Waals surface area contributed by atoms with Crippen molar-refractivity contribution in [3.8, 4) is 5.75 Å². The van der Waals surface area contributed by atoms with Crippen molar-refractivity contribution in [2.75, 3.05) is 14.2 Å². The van der Waals surface area contributed by atoms with E-state index >= 15 is 0 Å². The number of sulfonamides is 1. The van der Waals surface area contributed by atoms with Gasteiger partial charge in [-0.3, -0.25) is 0 Å². The topological polar surface area (TPSA) is 66.8 Å². The molecule has 1 rings (SSSR count). The van der Waals surface area contributed by atoms with Crippen LogP contribution in [0.25, 0.3) is 0 Å². The molecule has 0 aromatic heterocycles. The number of rotatable bonds is 5. The van der Waals surface area contributed by atoms with Gasteiger partial charge in [-0.1, -0.05) is 0 Å². The lowest BCUT2D eigenvalue weighted by molar-refractivity contribution is 0.273. The van der Waals surface area contributed by atoms with E-state index in [1.807, 2.05) is 0 Å². The quantitative estimate of drug-likeness (QED) is 0.876. The van der Waals surface area contributed by atoms with Gasteiger partial charge in [-0.25, -0.2) is 8.42 Å². The van der Waals surface area contributed by atoms with E-state index in [1.165, 1.54) is 30.6 Å². The molecule has 1 aromatic carbocycles. The molecule has 6 heteroatoms. The molecule has 0 saturated heterocycles. The average Bonchev–Trinajstić information content (AvgIpc) is 2.36. The summed E-state index contributed by atoms with van der Waals surface area (Å²) in [5.74, 6) is 0.476. The number of methoxy groups -OCH3 is 1. The molecule has 18 heavy (non-hydrogen) atoms. The summed E-state index contributed by atoms with van der Waals surface area (Å²) in [6, 6.07) is 4.33. The van der Waals surface area contributed by atoms with Gasteiger partial charge >= 0.3 is 0 Å². The van der Waals surface area contributed by atoms with Gasteiger partial charge in [0.25, 0.3) is 0 Å². The maximum Gasteiger partial charge on any atom is 0.243 e. The first kappa shape index (κ1) is 14.9. The van der Waals surface area contributed by atoms with Crippen molar-refractivity contribution >= 4 is 10.0 Å². The Kier molecular flexibility index (Phi) is 4.72. The summed E-state index contributed by atoms with van der Waals surface area (Å²) in [5.41, 5.74) is 0.454. The molecule has 0 unspecified atom stereocenters. The number of ether oxygens (including phenoxy) is 1. The van der Waals surface area contributed by atoms with E-state index in [9.17, 15) is 13.5 Å². The molecule has 0 amide bonds. The summed E-state index contributed by atoms with van der Waals surface area (Å²) in [5, 5.41) is 9.20. The molecular formula is C12H19NO4S. The van der Waals surface area contributed by atoms with E-state index in [0.29, 0.717) is 11.3 Å². The maximum absolute atomic E-state index is 12.2. The lowest BCUT2D eigenvalue weighted by atomic mass is 10.2. The van der Waals surface area contributed by atoms with Gasteiger partial charge < -0.3 is 9.84 Å². The zero-order valence-corrected chi connectivity index (χ0v) is 11.9. The molecule has 0 radical (unpaired) electrons. The van der Waals surface area contributed by atoms with E-state index in [2.05, 4.69) is 0 Å². The minimum absolute atomic E-state index is 0.130. The highest BCUT2D eigenvalue weighted by Gasteiger charge is 2.23. The van der Waals surface area contributed by atoms with Gasteiger partial charge in [0.15, 0.2) is 0 Å². The van der Waals surface area contributed by atoms with E-state index in [0.717, 1.165) is 0 Å². The van der Waals surface area contributed by atoms with Crippen LogP contribution in [-0.2, 0) is 16.6 Å². The Balaban J connectivity index is 3.26. The van der Waals surface area contributed by atoms with Crippen LogP contribution in [0.3, 0.4) is 0 Å². The monoisotopic (exact) mass is 273 g/mol. The lowest BCUT2D eigenvalue weighted by Gasteiger charge is -2.21. The predicted molar refractivity (Wildman–Crippen MR) is 69.0 cm³/mol. The molecule has 1 N–H and O–H groups in total. The van der Waals surface area contributed by atoms with Crippen molar-refractivity contribution in [3.05, 3.63) is 23.8 Å². The summed E-state index contributed by atoms with van der Waals surface area (Å²) in [4.78, 5) is 0.156. The molecule has 1 aromatic rings. The highest BCUT2D eigenvalue weighted by molar-refractivity contribution is 7.89. The van der Waals surface area contributed by atoms with Crippen molar-refractivity contribution in [3.63, 3.8) is 0 Å². The summed E-state index contributed by atoms with van der Waals surface area (Å²) >= 11 is 0. The van der Waals surface area contributed by atoms with Crippen LogP contribution in [0.1, 0.15) is 19.4 Å². The number of benzene rings is 1. The Hall–Kier alpha value is -1.11. The number of aliphatic hydroxyl groups excluding tert-OH is 1. The van der Waals surface area contributed by atoms with Crippen molar-refractivity contribution in [1.82, 2.24) is 4.31 Å². The third-order valence-electron chi connectivity index (χ3n) is 2.83. The number of nitrogens with zero attached hydrogens (tertiary/aromatic N) is 1. The molecule has 102 valence electrons. The average molecular weight is 273 g/mol. The smallest absolute Gasteiger partial charge is 0.243 e. The van der Waals surface area contributed by atoms with E-state index in [4.69, 9.17) is 4.74 Å². The Morgan fingerprint density at radius 2 is 2.00 bits per heavy atom. The third-order valence-corrected chi connectivity index (χ3v) is 4.86. The Bertz CT molecular complexity index is 511. The fourth-order valence-corrected chi connectivity index (χ4v) is 2.90. The Morgan fingerprint density at radius 3 is 2.44 bits per heavy atom. The van der Waals surface area contributed by atoms with Crippen LogP contribution in [0.5, 0.6) is 5.75 Å². The van der Waals surface area contributed by atoms with Gasteiger partial charge in [-0.05, 0) is 32.0 Å². The first-order valence-corrected chi connectivity index (χ1v) is 7.04. The zero-order chi connectivity index (χ0) is 13.9.